The molecule has 0 atom stereocenters. The molecule has 3 aromatic rings. The van der Waals surface area contributed by atoms with Crippen LogP contribution in [0.3, 0.4) is 0 Å². The van der Waals surface area contributed by atoms with E-state index < -0.39 is 0 Å². The Morgan fingerprint density at radius 1 is 1.16 bits per heavy atom. The number of thiophene rings is 1. The van der Waals surface area contributed by atoms with Gasteiger partial charge in [-0.1, -0.05) is 30.3 Å². The predicted molar refractivity (Wildman–Crippen MR) is 78.7 cm³/mol. The summed E-state index contributed by atoms with van der Waals surface area (Å²) in [7, 11) is 0. The lowest BCUT2D eigenvalue weighted by atomic mass is 10.0. The number of rotatable bonds is 4. The quantitative estimate of drug-likeness (QED) is 0.666. The Bertz CT molecular complexity index is 703. The van der Waals surface area contributed by atoms with Crippen molar-refractivity contribution in [1.82, 2.24) is 4.98 Å². The third kappa shape index (κ3) is 2.71. The van der Waals surface area contributed by atoms with Crippen LogP contribution < -0.4 is 0 Å². The van der Waals surface area contributed by atoms with Gasteiger partial charge in [0.25, 0.3) is 0 Å². The molecule has 0 saturated carbocycles. The topological polar surface area (TPSA) is 30.0 Å². The fourth-order valence-corrected chi connectivity index (χ4v) is 2.83. The van der Waals surface area contributed by atoms with E-state index in [-0.39, 0.29) is 5.78 Å². The molecule has 0 aliphatic rings. The van der Waals surface area contributed by atoms with Crippen molar-refractivity contribution >= 4 is 27.3 Å². The van der Waals surface area contributed by atoms with Gasteiger partial charge in [-0.05, 0) is 29.5 Å². The maximum absolute atomic E-state index is 12.1. The molecule has 0 spiro atoms. The SMILES string of the molecule is O=C(CCc1ccccc1)c1cnc2ccsc2c1. The van der Waals surface area contributed by atoms with E-state index in [2.05, 4.69) is 4.98 Å². The van der Waals surface area contributed by atoms with Gasteiger partial charge in [-0.25, -0.2) is 0 Å². The molecule has 2 nitrogen and oxygen atoms in total. The van der Waals surface area contributed by atoms with E-state index in [1.165, 1.54) is 5.56 Å². The van der Waals surface area contributed by atoms with Crippen molar-refractivity contribution in [3.63, 3.8) is 0 Å². The number of fused-ring (bicyclic) bond motifs is 1. The van der Waals surface area contributed by atoms with Crippen molar-refractivity contribution in [3.05, 3.63) is 65.2 Å². The maximum atomic E-state index is 12.1. The highest BCUT2D eigenvalue weighted by Gasteiger charge is 2.08. The first-order valence-electron chi connectivity index (χ1n) is 6.23. The summed E-state index contributed by atoms with van der Waals surface area (Å²) in [6.07, 6.45) is 2.99. The number of aromatic nitrogens is 1. The Kier molecular flexibility index (Phi) is 3.38. The lowest BCUT2D eigenvalue weighted by Crippen LogP contribution is -2.01. The first-order chi connectivity index (χ1) is 9.33. The van der Waals surface area contributed by atoms with Gasteiger partial charge in [0, 0.05) is 18.2 Å². The Balaban J connectivity index is 1.73. The van der Waals surface area contributed by atoms with E-state index in [9.17, 15) is 4.79 Å². The molecule has 0 unspecified atom stereocenters. The van der Waals surface area contributed by atoms with Crippen molar-refractivity contribution < 1.29 is 4.79 Å². The summed E-state index contributed by atoms with van der Waals surface area (Å²) in [6, 6.07) is 14.0. The molecular weight excluding hydrogens is 254 g/mol. The van der Waals surface area contributed by atoms with Gasteiger partial charge in [0.15, 0.2) is 5.78 Å². The molecule has 0 N–H and O–H groups in total. The number of aryl methyl sites for hydroxylation is 1. The number of nitrogens with zero attached hydrogens (tertiary/aromatic N) is 1. The summed E-state index contributed by atoms with van der Waals surface area (Å²) in [5, 5.41) is 2.00. The van der Waals surface area contributed by atoms with Gasteiger partial charge in [-0.15, -0.1) is 11.3 Å². The average molecular weight is 267 g/mol. The van der Waals surface area contributed by atoms with Crippen LogP contribution in [-0.2, 0) is 6.42 Å². The van der Waals surface area contributed by atoms with Crippen molar-refractivity contribution in [1.29, 1.82) is 0 Å². The van der Waals surface area contributed by atoms with Crippen LogP contribution in [0.5, 0.6) is 0 Å². The second-order valence-corrected chi connectivity index (χ2v) is 5.38. The minimum absolute atomic E-state index is 0.159. The number of carbonyl (C=O) groups excluding carboxylic acids is 1. The molecule has 2 heterocycles. The van der Waals surface area contributed by atoms with Crippen molar-refractivity contribution in [3.8, 4) is 0 Å². The molecule has 0 aliphatic carbocycles. The minimum atomic E-state index is 0.159. The number of pyridine rings is 1. The van der Waals surface area contributed by atoms with Gasteiger partial charge in [0.05, 0.1) is 10.2 Å². The van der Waals surface area contributed by atoms with E-state index in [0.29, 0.717) is 12.0 Å². The van der Waals surface area contributed by atoms with Crippen LogP contribution in [0.1, 0.15) is 22.3 Å². The first-order valence-corrected chi connectivity index (χ1v) is 7.11. The molecule has 3 rings (SSSR count). The van der Waals surface area contributed by atoms with E-state index in [1.807, 2.05) is 47.8 Å². The summed E-state index contributed by atoms with van der Waals surface area (Å²) < 4.78 is 1.07. The van der Waals surface area contributed by atoms with Gasteiger partial charge < -0.3 is 0 Å². The lowest BCUT2D eigenvalue weighted by Gasteiger charge is -2.01. The van der Waals surface area contributed by atoms with Crippen LogP contribution in [-0.4, -0.2) is 10.8 Å². The van der Waals surface area contributed by atoms with Gasteiger partial charge in [0.1, 0.15) is 0 Å². The Morgan fingerprint density at radius 2 is 2.00 bits per heavy atom. The molecule has 0 amide bonds. The monoisotopic (exact) mass is 267 g/mol. The lowest BCUT2D eigenvalue weighted by molar-refractivity contribution is 0.0982. The zero-order valence-electron chi connectivity index (χ0n) is 10.4. The summed E-state index contributed by atoms with van der Waals surface area (Å²) in [4.78, 5) is 16.5. The summed E-state index contributed by atoms with van der Waals surface area (Å²) in [5.74, 6) is 0.159. The number of Topliss-reactive ketones (excluding diaryl/α,β-unsaturated/α-hetero) is 1. The first kappa shape index (κ1) is 12.1. The third-order valence-electron chi connectivity index (χ3n) is 3.11. The molecule has 0 fully saturated rings. The van der Waals surface area contributed by atoms with Crippen LogP contribution in [0.2, 0.25) is 0 Å². The Morgan fingerprint density at radius 3 is 2.84 bits per heavy atom. The molecule has 3 heteroatoms. The van der Waals surface area contributed by atoms with Crippen LogP contribution in [0.15, 0.2) is 54.0 Å². The van der Waals surface area contributed by atoms with Crippen molar-refractivity contribution in [2.24, 2.45) is 0 Å². The molecular formula is C16H13NOS. The van der Waals surface area contributed by atoms with Crippen molar-refractivity contribution in [2.75, 3.05) is 0 Å². The van der Waals surface area contributed by atoms with Crippen LogP contribution in [0.25, 0.3) is 10.2 Å². The predicted octanol–water partition coefficient (Wildman–Crippen LogP) is 4.11. The molecule has 0 radical (unpaired) electrons. The third-order valence-corrected chi connectivity index (χ3v) is 3.96. The van der Waals surface area contributed by atoms with Gasteiger partial charge in [0.2, 0.25) is 0 Å². The number of ketones is 1. The zero-order chi connectivity index (χ0) is 13.1. The molecule has 94 valence electrons. The van der Waals surface area contributed by atoms with Crippen LogP contribution in [0.4, 0.5) is 0 Å². The maximum Gasteiger partial charge on any atom is 0.164 e. The normalized spacial score (nSPS) is 10.7. The highest BCUT2D eigenvalue weighted by molar-refractivity contribution is 7.17. The van der Waals surface area contributed by atoms with Crippen LogP contribution in [0, 0.1) is 0 Å². The molecule has 0 aliphatic heterocycles. The fraction of sp³-hybridized carbons (Fsp3) is 0.125. The molecule has 0 bridgehead atoms. The molecule has 0 saturated heterocycles. The second kappa shape index (κ2) is 5.33. The van der Waals surface area contributed by atoms with E-state index in [4.69, 9.17) is 0 Å². The van der Waals surface area contributed by atoms with Crippen LogP contribution >= 0.6 is 11.3 Å². The second-order valence-electron chi connectivity index (χ2n) is 4.44. The smallest absolute Gasteiger partial charge is 0.164 e. The molecule has 2 aromatic heterocycles. The van der Waals surface area contributed by atoms with Gasteiger partial charge >= 0.3 is 0 Å². The summed E-state index contributed by atoms with van der Waals surface area (Å²) >= 11 is 1.62. The highest BCUT2D eigenvalue weighted by atomic mass is 32.1. The molecule has 1 aromatic carbocycles. The molecule has 19 heavy (non-hydrogen) atoms. The Hall–Kier alpha value is -2.00. The number of benzene rings is 1. The van der Waals surface area contributed by atoms with Gasteiger partial charge in [-0.2, -0.15) is 0 Å². The zero-order valence-corrected chi connectivity index (χ0v) is 11.2. The largest absolute Gasteiger partial charge is 0.294 e. The van der Waals surface area contributed by atoms with Gasteiger partial charge in [-0.3, -0.25) is 9.78 Å². The summed E-state index contributed by atoms with van der Waals surface area (Å²) in [5.41, 5.74) is 2.87. The highest BCUT2D eigenvalue weighted by Crippen LogP contribution is 2.20. The van der Waals surface area contributed by atoms with Crippen molar-refractivity contribution in [2.45, 2.75) is 12.8 Å². The average Bonchev–Trinajstić information content (AvgIpc) is 2.93. The number of hydrogen-bond donors (Lipinski definition) is 0. The summed E-state index contributed by atoms with van der Waals surface area (Å²) in [6.45, 7) is 0. The van der Waals surface area contributed by atoms with E-state index in [1.54, 1.807) is 17.5 Å². The Labute approximate surface area is 115 Å². The van der Waals surface area contributed by atoms with E-state index >= 15 is 0 Å². The standard InChI is InChI=1S/C16H13NOS/c18-15(7-6-12-4-2-1-3-5-12)13-10-16-14(17-11-13)8-9-19-16/h1-5,8-11H,6-7H2. The van der Waals surface area contributed by atoms with E-state index in [0.717, 1.165) is 16.6 Å². The minimum Gasteiger partial charge on any atom is -0.294 e. The number of carbonyl (C=O) groups is 1. The number of hydrogen-bond acceptors (Lipinski definition) is 3. The fourth-order valence-electron chi connectivity index (χ4n) is 2.05.